The van der Waals surface area contributed by atoms with Gasteiger partial charge in [0.25, 0.3) is 22.7 Å². The van der Waals surface area contributed by atoms with Crippen LogP contribution in [0.3, 0.4) is 0 Å². The molecule has 0 atom stereocenters. The maximum absolute atomic E-state index is 11.5. The van der Waals surface area contributed by atoms with Gasteiger partial charge in [-0.05, 0) is 25.0 Å². The second-order valence-corrected chi connectivity index (χ2v) is 8.88. The number of allylic oxidation sites excluding steroid dienone is 2. The van der Waals surface area contributed by atoms with Crippen LogP contribution in [0.4, 0.5) is 28.4 Å². The van der Waals surface area contributed by atoms with Crippen molar-refractivity contribution in [2.75, 3.05) is 4.90 Å². The summed E-state index contributed by atoms with van der Waals surface area (Å²) in [4.78, 5) is 45.5. The Morgan fingerprint density at radius 3 is 1.35 bits per heavy atom. The summed E-state index contributed by atoms with van der Waals surface area (Å²) in [5.41, 5.74) is -0.0210. The lowest BCUT2D eigenvalue weighted by atomic mass is 9.94. The van der Waals surface area contributed by atoms with Crippen LogP contribution in [0.5, 0.6) is 0 Å². The van der Waals surface area contributed by atoms with Gasteiger partial charge in [-0.3, -0.25) is 40.5 Å². The number of hydrogen-bond acceptors (Lipinski definition) is 10. The van der Waals surface area contributed by atoms with Crippen LogP contribution in [-0.4, -0.2) is 19.7 Å². The Morgan fingerprint density at radius 2 is 1.05 bits per heavy atom. The van der Waals surface area contributed by atoms with E-state index < -0.39 is 42.4 Å². The molecule has 0 amide bonds. The molecule has 0 bridgehead atoms. The highest BCUT2D eigenvalue weighted by Gasteiger charge is 2.29. The van der Waals surface area contributed by atoms with Gasteiger partial charge in [0, 0.05) is 46.0 Å². The zero-order valence-electron chi connectivity index (χ0n) is 19.1. The fraction of sp³-hybridized carbons (Fsp3) is 0.0870. The molecule has 3 aromatic carbocycles. The molecule has 0 spiro atoms. The molecule has 4 rings (SSSR count). The van der Waals surface area contributed by atoms with Crippen molar-refractivity contribution in [3.63, 3.8) is 0 Å². The summed E-state index contributed by atoms with van der Waals surface area (Å²) >= 11 is 1.27. The quantitative estimate of drug-likeness (QED) is 0.248. The number of para-hydroxylation sites is 1. The third-order valence-corrected chi connectivity index (χ3v) is 6.54. The maximum atomic E-state index is 11.5. The van der Waals surface area contributed by atoms with Crippen molar-refractivity contribution in [3.05, 3.63) is 112 Å². The van der Waals surface area contributed by atoms with E-state index in [0.29, 0.717) is 16.8 Å². The molecule has 2 radical (unpaired) electrons. The van der Waals surface area contributed by atoms with Crippen LogP contribution in [0.25, 0.3) is 22.3 Å². The molecule has 14 heteroatoms. The third-order valence-electron chi connectivity index (χ3n) is 5.66. The van der Waals surface area contributed by atoms with Gasteiger partial charge >= 0.3 is 0 Å². The van der Waals surface area contributed by atoms with Gasteiger partial charge in [0.2, 0.25) is 0 Å². The van der Waals surface area contributed by atoms with Crippen LogP contribution >= 0.6 is 11.8 Å². The first kappa shape index (κ1) is 25.2. The maximum Gasteiger partial charge on any atom is 0.276 e. The Bertz CT molecular complexity index is 1380. The van der Waals surface area contributed by atoms with Crippen molar-refractivity contribution < 1.29 is 19.7 Å². The van der Waals surface area contributed by atoms with Crippen LogP contribution in [-0.2, 0) is 0 Å². The van der Waals surface area contributed by atoms with E-state index in [2.05, 4.69) is 5.88 Å². The predicted molar refractivity (Wildman–Crippen MR) is 136 cm³/mol. The lowest BCUT2D eigenvalue weighted by Crippen LogP contribution is -2.14. The monoisotopic (exact) mass is 521 g/mol. The SMILES string of the molecule is CC1=C(C)N(c2c(-c3cc([N+](=O)[O-])cc([N+](=O)[O-])c3)cccc2-c2cc([N+](=O)[O-])cc([N+](=O)[O-])c2)[C]S1. The molecule has 1 aliphatic rings. The van der Waals surface area contributed by atoms with Gasteiger partial charge in [-0.2, -0.15) is 0 Å². The minimum Gasteiger partial charge on any atom is -0.322 e. The van der Waals surface area contributed by atoms with E-state index in [1.807, 2.05) is 6.92 Å². The molecule has 0 aliphatic carbocycles. The fourth-order valence-corrected chi connectivity index (χ4v) is 4.50. The Hall–Kier alpha value is -4.85. The summed E-state index contributed by atoms with van der Waals surface area (Å²) in [5.74, 6) is 3.08. The summed E-state index contributed by atoms with van der Waals surface area (Å²) < 4.78 is 0. The number of hydrogen-bond donors (Lipinski definition) is 0. The molecular formula is C23H15N5O8S. The molecule has 1 heterocycles. The van der Waals surface area contributed by atoms with Crippen molar-refractivity contribution in [2.45, 2.75) is 13.8 Å². The molecular weight excluding hydrogens is 506 g/mol. The van der Waals surface area contributed by atoms with E-state index in [9.17, 15) is 40.5 Å². The van der Waals surface area contributed by atoms with Gasteiger partial charge in [0.05, 0.1) is 37.5 Å². The number of rotatable bonds is 7. The molecule has 0 fully saturated rings. The first-order chi connectivity index (χ1) is 17.5. The number of nitro groups is 4. The number of thioether (sulfide) groups is 1. The van der Waals surface area contributed by atoms with Crippen LogP contribution in [0.15, 0.2) is 65.2 Å². The van der Waals surface area contributed by atoms with Gasteiger partial charge in [-0.25, -0.2) is 0 Å². The molecule has 0 N–H and O–H groups in total. The van der Waals surface area contributed by atoms with Gasteiger partial charge in [-0.1, -0.05) is 30.0 Å². The molecule has 0 aromatic heterocycles. The van der Waals surface area contributed by atoms with E-state index in [-0.39, 0.29) is 11.1 Å². The highest BCUT2D eigenvalue weighted by molar-refractivity contribution is 8.05. The number of non-ortho nitro benzene ring substituents is 4. The van der Waals surface area contributed by atoms with Gasteiger partial charge in [0.15, 0.2) is 5.88 Å². The molecule has 37 heavy (non-hydrogen) atoms. The van der Waals surface area contributed by atoms with E-state index >= 15 is 0 Å². The lowest BCUT2D eigenvalue weighted by Gasteiger charge is -2.25. The average molecular weight is 521 g/mol. The summed E-state index contributed by atoms with van der Waals surface area (Å²) in [5, 5.41) is 46.0. The van der Waals surface area contributed by atoms with Crippen LogP contribution in [0.1, 0.15) is 13.8 Å². The number of nitro benzene ring substituents is 4. The molecule has 1 aliphatic heterocycles. The van der Waals surface area contributed by atoms with Gasteiger partial charge in [-0.15, -0.1) is 0 Å². The van der Waals surface area contributed by atoms with E-state index in [0.717, 1.165) is 22.7 Å². The standard InChI is InChI=1S/C23H15N5O8S/c1-13-14(2)37-12-24(13)23-21(15-6-17(25(29)30)10-18(7-15)26(31)32)4-3-5-22(23)16-8-19(27(33)34)11-20(9-16)28(35)36/h3-11H,1-2H3. The Kier molecular flexibility index (Phi) is 6.59. The smallest absolute Gasteiger partial charge is 0.276 e. The van der Waals surface area contributed by atoms with Gasteiger partial charge < -0.3 is 4.90 Å². The fourth-order valence-electron chi connectivity index (χ4n) is 3.80. The topological polar surface area (TPSA) is 176 Å². The van der Waals surface area contributed by atoms with E-state index in [1.165, 1.54) is 36.0 Å². The minimum atomic E-state index is -0.747. The Morgan fingerprint density at radius 1 is 0.676 bits per heavy atom. The zero-order valence-corrected chi connectivity index (χ0v) is 19.9. The summed E-state index contributed by atoms with van der Waals surface area (Å²) in [6.07, 6.45) is 0. The first-order valence-corrected chi connectivity index (χ1v) is 11.2. The van der Waals surface area contributed by atoms with Crippen LogP contribution in [0, 0.1) is 46.3 Å². The van der Waals surface area contributed by atoms with Gasteiger partial charge in [0.1, 0.15) is 0 Å². The summed E-state index contributed by atoms with van der Waals surface area (Å²) in [6, 6.07) is 11.1. The molecule has 186 valence electrons. The van der Waals surface area contributed by atoms with Crippen LogP contribution < -0.4 is 4.90 Å². The lowest BCUT2D eigenvalue weighted by molar-refractivity contribution is -0.394. The predicted octanol–water partition coefficient (Wildman–Crippen LogP) is 6.45. The molecule has 13 nitrogen and oxygen atoms in total. The van der Waals surface area contributed by atoms with Crippen molar-refractivity contribution >= 4 is 40.2 Å². The zero-order chi connectivity index (χ0) is 27.0. The second-order valence-electron chi connectivity index (χ2n) is 7.88. The first-order valence-electron chi connectivity index (χ1n) is 10.4. The van der Waals surface area contributed by atoms with Crippen molar-refractivity contribution in [1.29, 1.82) is 0 Å². The summed E-state index contributed by atoms with van der Waals surface area (Å²) in [7, 11) is 0. The van der Waals surface area contributed by atoms with Crippen molar-refractivity contribution in [1.82, 2.24) is 0 Å². The number of anilines is 1. The number of nitrogens with zero attached hydrogens (tertiary/aromatic N) is 5. The van der Waals surface area contributed by atoms with Crippen molar-refractivity contribution in [3.8, 4) is 22.3 Å². The molecule has 0 saturated carbocycles. The van der Waals surface area contributed by atoms with Crippen molar-refractivity contribution in [2.24, 2.45) is 0 Å². The molecule has 3 aromatic rings. The van der Waals surface area contributed by atoms with Crippen LogP contribution in [0.2, 0.25) is 0 Å². The largest absolute Gasteiger partial charge is 0.322 e. The Labute approximate surface area is 212 Å². The highest BCUT2D eigenvalue weighted by atomic mass is 32.2. The van der Waals surface area contributed by atoms with E-state index in [1.54, 1.807) is 30.0 Å². The Balaban J connectivity index is 2.08. The summed E-state index contributed by atoms with van der Waals surface area (Å²) in [6.45, 7) is 3.63. The third kappa shape index (κ3) is 4.81. The molecule has 0 saturated heterocycles. The minimum absolute atomic E-state index is 0.141. The second kappa shape index (κ2) is 9.66. The van der Waals surface area contributed by atoms with E-state index in [4.69, 9.17) is 0 Å². The molecule has 0 unspecified atom stereocenters. The normalized spacial score (nSPS) is 13.1. The average Bonchev–Trinajstić information content (AvgIpc) is 3.20. The highest BCUT2D eigenvalue weighted by Crippen LogP contribution is 2.48. The number of benzene rings is 3.